The average molecular weight is 247 g/mol. The Morgan fingerprint density at radius 3 is 1.76 bits per heavy atom. The lowest BCUT2D eigenvalue weighted by Gasteiger charge is -2.08. The molecular formula is C12H25NO4. The van der Waals surface area contributed by atoms with Gasteiger partial charge in [0.1, 0.15) is 0 Å². The molecule has 0 aliphatic heterocycles. The molecule has 17 heavy (non-hydrogen) atoms. The lowest BCUT2D eigenvalue weighted by atomic mass is 10.0. The molecule has 0 heterocycles. The van der Waals surface area contributed by atoms with Crippen molar-refractivity contribution < 1.29 is 15.1 Å². The summed E-state index contributed by atoms with van der Waals surface area (Å²) in [5.41, 5.74) is 0. The first-order valence-electron chi connectivity index (χ1n) is 6.57. The predicted molar refractivity (Wildman–Crippen MR) is 66.5 cm³/mol. The van der Waals surface area contributed by atoms with Gasteiger partial charge in [0.25, 0.3) is 0 Å². The van der Waals surface area contributed by atoms with Crippen LogP contribution < -0.4 is 0 Å². The maximum absolute atomic E-state index is 10.8. The molecule has 102 valence electrons. The molecule has 0 radical (unpaired) electrons. The lowest BCUT2D eigenvalue weighted by molar-refractivity contribution is -0.524. The molecule has 0 aromatic carbocycles. The second-order valence-electron chi connectivity index (χ2n) is 4.44. The molecule has 0 aromatic rings. The van der Waals surface area contributed by atoms with Crippen LogP contribution in [-0.4, -0.2) is 34.4 Å². The third-order valence-corrected chi connectivity index (χ3v) is 2.94. The monoisotopic (exact) mass is 247 g/mol. The van der Waals surface area contributed by atoms with E-state index in [-0.39, 0.29) is 18.1 Å². The molecule has 1 unspecified atom stereocenters. The van der Waals surface area contributed by atoms with Gasteiger partial charge in [-0.05, 0) is 25.7 Å². The molecule has 0 spiro atoms. The van der Waals surface area contributed by atoms with Gasteiger partial charge in [0, 0.05) is 31.0 Å². The van der Waals surface area contributed by atoms with Gasteiger partial charge in [0.15, 0.2) is 0 Å². The molecule has 1 atom stereocenters. The molecule has 0 aliphatic carbocycles. The van der Waals surface area contributed by atoms with Crippen molar-refractivity contribution in [3.8, 4) is 0 Å². The minimum Gasteiger partial charge on any atom is -0.396 e. The van der Waals surface area contributed by atoms with Gasteiger partial charge in [-0.2, -0.15) is 0 Å². The zero-order chi connectivity index (χ0) is 12.9. The molecule has 0 aromatic heterocycles. The van der Waals surface area contributed by atoms with Crippen molar-refractivity contribution in [3.05, 3.63) is 10.1 Å². The van der Waals surface area contributed by atoms with Gasteiger partial charge < -0.3 is 10.2 Å². The first-order chi connectivity index (χ1) is 8.22. The van der Waals surface area contributed by atoms with Crippen molar-refractivity contribution in [2.24, 2.45) is 0 Å². The Hall–Kier alpha value is -0.680. The topological polar surface area (TPSA) is 83.6 Å². The second kappa shape index (κ2) is 11.8. The van der Waals surface area contributed by atoms with Crippen molar-refractivity contribution in [1.82, 2.24) is 0 Å². The van der Waals surface area contributed by atoms with Gasteiger partial charge in [0.2, 0.25) is 6.04 Å². The lowest BCUT2D eigenvalue weighted by Crippen LogP contribution is -2.19. The van der Waals surface area contributed by atoms with E-state index in [4.69, 9.17) is 10.2 Å². The summed E-state index contributed by atoms with van der Waals surface area (Å²) in [6.07, 6.45) is 7.36. The van der Waals surface area contributed by atoms with Crippen LogP contribution in [0.2, 0.25) is 0 Å². The molecule has 5 heteroatoms. The number of aliphatic hydroxyl groups excluding tert-OH is 2. The quantitative estimate of drug-likeness (QED) is 0.314. The minimum absolute atomic E-state index is 0.117. The van der Waals surface area contributed by atoms with E-state index >= 15 is 0 Å². The third-order valence-electron chi connectivity index (χ3n) is 2.94. The fourth-order valence-electron chi connectivity index (χ4n) is 1.87. The number of aliphatic hydroxyl groups is 2. The largest absolute Gasteiger partial charge is 0.396 e. The van der Waals surface area contributed by atoms with Crippen LogP contribution in [-0.2, 0) is 0 Å². The van der Waals surface area contributed by atoms with Crippen LogP contribution in [0.15, 0.2) is 0 Å². The highest BCUT2D eigenvalue weighted by molar-refractivity contribution is 4.58. The average Bonchev–Trinajstić information content (AvgIpc) is 2.31. The van der Waals surface area contributed by atoms with Crippen LogP contribution >= 0.6 is 0 Å². The summed E-state index contributed by atoms with van der Waals surface area (Å²) >= 11 is 0. The van der Waals surface area contributed by atoms with E-state index in [2.05, 4.69) is 0 Å². The number of unbranched alkanes of at least 4 members (excludes halogenated alkanes) is 5. The molecule has 0 saturated carbocycles. The normalized spacial score (nSPS) is 12.6. The number of nitro groups is 1. The van der Waals surface area contributed by atoms with Crippen molar-refractivity contribution in [3.63, 3.8) is 0 Å². The molecule has 2 N–H and O–H groups in total. The van der Waals surface area contributed by atoms with E-state index in [9.17, 15) is 10.1 Å². The molecule has 5 nitrogen and oxygen atoms in total. The van der Waals surface area contributed by atoms with E-state index in [1.165, 1.54) is 0 Å². The van der Waals surface area contributed by atoms with E-state index in [1.807, 2.05) is 0 Å². The molecule has 0 saturated heterocycles. The number of hydrogen-bond acceptors (Lipinski definition) is 4. The van der Waals surface area contributed by atoms with Crippen molar-refractivity contribution in [1.29, 1.82) is 0 Å². The maximum Gasteiger partial charge on any atom is 0.213 e. The van der Waals surface area contributed by atoms with Crippen LogP contribution in [0.4, 0.5) is 0 Å². The Kier molecular flexibility index (Phi) is 11.3. The Labute approximate surface area is 103 Å². The molecule has 0 amide bonds. The Morgan fingerprint density at radius 2 is 1.24 bits per heavy atom. The summed E-state index contributed by atoms with van der Waals surface area (Å²) in [6, 6.07) is -0.445. The van der Waals surface area contributed by atoms with Gasteiger partial charge in [-0.3, -0.25) is 10.1 Å². The molecule has 0 aliphatic rings. The van der Waals surface area contributed by atoms with Crippen molar-refractivity contribution >= 4 is 0 Å². The highest BCUT2D eigenvalue weighted by Crippen LogP contribution is 2.13. The summed E-state index contributed by atoms with van der Waals surface area (Å²) in [5.74, 6) is 0. The summed E-state index contributed by atoms with van der Waals surface area (Å²) in [4.78, 5) is 10.6. The maximum atomic E-state index is 10.8. The standard InChI is InChI=1S/C12H25NO4/c14-10-6-3-1-2-4-8-12(13(16)17)9-5-7-11-15/h12,14-15H,1-11H2. The fraction of sp³-hybridized carbons (Fsp3) is 1.00. The summed E-state index contributed by atoms with van der Waals surface area (Å²) in [5, 5.41) is 28.0. The Bertz CT molecular complexity index is 187. The zero-order valence-corrected chi connectivity index (χ0v) is 10.5. The second-order valence-corrected chi connectivity index (χ2v) is 4.44. The van der Waals surface area contributed by atoms with E-state index in [1.54, 1.807) is 0 Å². The first-order valence-corrected chi connectivity index (χ1v) is 6.57. The third kappa shape index (κ3) is 10.2. The molecule has 0 bridgehead atoms. The minimum atomic E-state index is -0.445. The Morgan fingerprint density at radius 1 is 0.824 bits per heavy atom. The molecule has 0 rings (SSSR count). The number of hydrogen-bond donors (Lipinski definition) is 2. The fourth-order valence-corrected chi connectivity index (χ4v) is 1.87. The highest BCUT2D eigenvalue weighted by Gasteiger charge is 2.18. The predicted octanol–water partition coefficient (Wildman–Crippen LogP) is 2.13. The van der Waals surface area contributed by atoms with Gasteiger partial charge in [0.05, 0.1) is 0 Å². The number of nitrogens with zero attached hydrogens (tertiary/aromatic N) is 1. The molecular weight excluding hydrogens is 222 g/mol. The zero-order valence-electron chi connectivity index (χ0n) is 10.5. The molecule has 0 fully saturated rings. The van der Waals surface area contributed by atoms with Gasteiger partial charge in [-0.1, -0.05) is 19.3 Å². The van der Waals surface area contributed by atoms with Crippen LogP contribution in [0, 0.1) is 10.1 Å². The first kappa shape index (κ1) is 16.3. The van der Waals surface area contributed by atoms with E-state index in [0.29, 0.717) is 19.3 Å². The summed E-state index contributed by atoms with van der Waals surface area (Å²) in [6.45, 7) is 0.351. The SMILES string of the molecule is O=[N+]([O-])C(CCCCO)CCCCCCCO. The van der Waals surface area contributed by atoms with Crippen LogP contribution in [0.5, 0.6) is 0 Å². The smallest absolute Gasteiger partial charge is 0.213 e. The van der Waals surface area contributed by atoms with Crippen molar-refractivity contribution in [2.75, 3.05) is 13.2 Å². The van der Waals surface area contributed by atoms with Gasteiger partial charge in [-0.15, -0.1) is 0 Å². The van der Waals surface area contributed by atoms with E-state index in [0.717, 1.165) is 38.5 Å². The van der Waals surface area contributed by atoms with Gasteiger partial charge in [-0.25, -0.2) is 0 Å². The van der Waals surface area contributed by atoms with Crippen molar-refractivity contribution in [2.45, 2.75) is 63.8 Å². The van der Waals surface area contributed by atoms with E-state index < -0.39 is 6.04 Å². The van der Waals surface area contributed by atoms with Crippen LogP contribution in [0.3, 0.4) is 0 Å². The summed E-state index contributed by atoms with van der Waals surface area (Å²) < 4.78 is 0. The Balaban J connectivity index is 3.52. The van der Waals surface area contributed by atoms with Crippen LogP contribution in [0.1, 0.15) is 57.8 Å². The number of rotatable bonds is 12. The van der Waals surface area contributed by atoms with Crippen LogP contribution in [0.25, 0.3) is 0 Å². The highest BCUT2D eigenvalue weighted by atomic mass is 16.6. The van der Waals surface area contributed by atoms with Gasteiger partial charge >= 0.3 is 0 Å². The summed E-state index contributed by atoms with van der Waals surface area (Å²) in [7, 11) is 0.